The number of hydrogen-bond acceptors (Lipinski definition) is 3. The summed E-state index contributed by atoms with van der Waals surface area (Å²) >= 11 is 12.4. The summed E-state index contributed by atoms with van der Waals surface area (Å²) in [7, 11) is 0. The quantitative estimate of drug-likeness (QED) is 0.569. The molecule has 6 heteroatoms. The Morgan fingerprint density at radius 2 is 1.95 bits per heavy atom. The van der Waals surface area contributed by atoms with Gasteiger partial charge < -0.3 is 0 Å². The number of anilines is 1. The summed E-state index contributed by atoms with van der Waals surface area (Å²) in [4.78, 5) is 14.4. The molecule has 1 fully saturated rings. The molecule has 1 aliphatic rings. The summed E-state index contributed by atoms with van der Waals surface area (Å²) in [5.41, 5.74) is 1.24. The Hall–Kier alpha value is -1.69. The highest BCUT2D eigenvalue weighted by atomic mass is 35.5. The van der Waals surface area contributed by atoms with Crippen LogP contribution in [-0.4, -0.2) is 10.2 Å². The molecule has 0 atom stereocenters. The van der Waals surface area contributed by atoms with Crippen molar-refractivity contribution in [2.45, 2.75) is 0 Å². The highest BCUT2D eigenvalue weighted by Crippen LogP contribution is 2.36. The van der Waals surface area contributed by atoms with Crippen LogP contribution in [-0.2, 0) is 4.79 Å². The summed E-state index contributed by atoms with van der Waals surface area (Å²) in [5.74, 6) is -0.583. The van der Waals surface area contributed by atoms with Crippen molar-refractivity contribution >= 4 is 57.6 Å². The maximum atomic E-state index is 13.2. The van der Waals surface area contributed by atoms with E-state index >= 15 is 0 Å². The smallest absolute Gasteiger partial charge is 0.268 e. The van der Waals surface area contributed by atoms with Crippen molar-refractivity contribution in [2.24, 2.45) is 0 Å². The molecule has 0 bridgehead atoms. The first-order valence-electron chi connectivity index (χ1n) is 6.34. The predicted molar refractivity (Wildman–Crippen MR) is 93.5 cm³/mol. The number of carbonyl (C=O) groups is 1. The first kappa shape index (κ1) is 15.2. The molecule has 110 valence electrons. The second-order valence-corrected chi connectivity index (χ2v) is 6.66. The molecule has 2 aromatic rings. The molecule has 0 spiro atoms. The largest absolute Gasteiger partial charge is 0.270 e. The van der Waals surface area contributed by atoms with Crippen LogP contribution in [0.25, 0.3) is 6.08 Å². The lowest BCUT2D eigenvalue weighted by Crippen LogP contribution is -2.27. The van der Waals surface area contributed by atoms with Crippen LogP contribution in [0.4, 0.5) is 10.1 Å². The molecule has 0 aliphatic carbocycles. The molecule has 2 nitrogen and oxygen atoms in total. The van der Waals surface area contributed by atoms with Gasteiger partial charge in [0.1, 0.15) is 5.82 Å². The number of nitrogens with zero attached hydrogens (tertiary/aromatic N) is 1. The third-order valence-corrected chi connectivity index (χ3v) is 4.54. The van der Waals surface area contributed by atoms with Crippen LogP contribution in [0, 0.1) is 5.82 Å². The summed E-state index contributed by atoms with van der Waals surface area (Å²) < 4.78 is 13.7. The van der Waals surface area contributed by atoms with Crippen molar-refractivity contribution in [3.8, 4) is 0 Å². The number of carbonyl (C=O) groups excluding carboxylic acids is 1. The van der Waals surface area contributed by atoms with Gasteiger partial charge in [0.25, 0.3) is 5.91 Å². The first-order valence-corrected chi connectivity index (χ1v) is 7.94. The summed E-state index contributed by atoms with van der Waals surface area (Å²) in [6.07, 6.45) is 1.63. The lowest BCUT2D eigenvalue weighted by atomic mass is 10.2. The van der Waals surface area contributed by atoms with Crippen LogP contribution in [0.5, 0.6) is 0 Å². The van der Waals surface area contributed by atoms with E-state index in [9.17, 15) is 9.18 Å². The monoisotopic (exact) mass is 349 g/mol. The zero-order valence-electron chi connectivity index (χ0n) is 11.1. The molecule has 1 amide bonds. The van der Waals surface area contributed by atoms with Crippen molar-refractivity contribution in [2.75, 3.05) is 4.90 Å². The van der Waals surface area contributed by atoms with Crippen LogP contribution in [0.2, 0.25) is 5.02 Å². The number of thiocarbonyl (C=S) groups is 1. The topological polar surface area (TPSA) is 20.3 Å². The number of thioether (sulfide) groups is 1. The van der Waals surface area contributed by atoms with E-state index < -0.39 is 0 Å². The molecule has 0 unspecified atom stereocenters. The lowest BCUT2D eigenvalue weighted by molar-refractivity contribution is -0.113. The fourth-order valence-electron chi connectivity index (χ4n) is 2.05. The van der Waals surface area contributed by atoms with E-state index in [2.05, 4.69) is 0 Å². The normalized spacial score (nSPS) is 16.6. The number of benzene rings is 2. The fraction of sp³-hybridized carbons (Fsp3) is 0. The molecule has 0 saturated carbocycles. The molecule has 0 aromatic heterocycles. The molecule has 1 heterocycles. The van der Waals surface area contributed by atoms with Crippen molar-refractivity contribution in [1.82, 2.24) is 0 Å². The fourth-order valence-corrected chi connectivity index (χ4v) is 3.54. The van der Waals surface area contributed by atoms with Crippen LogP contribution in [0.15, 0.2) is 53.4 Å². The number of halogens is 2. The molecular weight excluding hydrogens is 341 g/mol. The summed E-state index contributed by atoms with van der Waals surface area (Å²) in [6, 6.07) is 13.0. The van der Waals surface area contributed by atoms with Gasteiger partial charge >= 0.3 is 0 Å². The average Bonchev–Trinajstić information content (AvgIpc) is 2.73. The van der Waals surface area contributed by atoms with Gasteiger partial charge in [0.2, 0.25) is 0 Å². The second kappa shape index (κ2) is 6.20. The minimum absolute atomic E-state index is 0.235. The Balaban J connectivity index is 1.95. The van der Waals surface area contributed by atoms with Gasteiger partial charge in [-0.2, -0.15) is 0 Å². The highest BCUT2D eigenvalue weighted by molar-refractivity contribution is 8.27. The van der Waals surface area contributed by atoms with E-state index in [0.29, 0.717) is 25.5 Å². The van der Waals surface area contributed by atoms with Crippen LogP contribution in [0.1, 0.15) is 5.56 Å². The van der Waals surface area contributed by atoms with E-state index in [1.54, 1.807) is 42.5 Å². The van der Waals surface area contributed by atoms with Crippen LogP contribution in [0.3, 0.4) is 0 Å². The van der Waals surface area contributed by atoms with Crippen molar-refractivity contribution in [3.63, 3.8) is 0 Å². The number of hydrogen-bond donors (Lipinski definition) is 0. The maximum absolute atomic E-state index is 13.2. The van der Waals surface area contributed by atoms with Gasteiger partial charge in [-0.25, -0.2) is 4.39 Å². The van der Waals surface area contributed by atoms with E-state index in [1.807, 2.05) is 0 Å². The Morgan fingerprint density at radius 3 is 2.68 bits per heavy atom. The molecule has 0 radical (unpaired) electrons. The maximum Gasteiger partial charge on any atom is 0.270 e. The molecular formula is C16H9ClFNOS2. The van der Waals surface area contributed by atoms with Gasteiger partial charge in [0.15, 0.2) is 4.32 Å². The second-order valence-electron chi connectivity index (χ2n) is 4.55. The van der Waals surface area contributed by atoms with E-state index in [0.717, 1.165) is 0 Å². The molecule has 1 aliphatic heterocycles. The van der Waals surface area contributed by atoms with Crippen molar-refractivity contribution in [1.29, 1.82) is 0 Å². The van der Waals surface area contributed by atoms with Crippen LogP contribution >= 0.6 is 35.6 Å². The van der Waals surface area contributed by atoms with Gasteiger partial charge in [-0.1, -0.05) is 53.8 Å². The Bertz CT molecular complexity index is 806. The highest BCUT2D eigenvalue weighted by Gasteiger charge is 2.33. The third-order valence-electron chi connectivity index (χ3n) is 3.01. The third kappa shape index (κ3) is 3.06. The minimum Gasteiger partial charge on any atom is -0.268 e. The van der Waals surface area contributed by atoms with E-state index in [4.69, 9.17) is 23.8 Å². The lowest BCUT2D eigenvalue weighted by Gasteiger charge is -2.14. The Labute approximate surface area is 141 Å². The number of amides is 1. The van der Waals surface area contributed by atoms with Gasteiger partial charge in [-0.15, -0.1) is 0 Å². The molecule has 2 aromatic carbocycles. The SMILES string of the molecule is O=C1C(=Cc2cccc(F)c2)SC(=S)N1c1cccc(Cl)c1. The minimum atomic E-state index is -0.348. The standard InChI is InChI=1S/C16H9ClFNOS2/c17-11-4-2-6-13(9-11)19-15(20)14(22-16(19)21)8-10-3-1-5-12(18)7-10/h1-9H. The van der Waals surface area contributed by atoms with E-state index in [1.165, 1.54) is 28.8 Å². The van der Waals surface area contributed by atoms with Crippen LogP contribution < -0.4 is 4.90 Å². The van der Waals surface area contributed by atoms with Gasteiger partial charge in [0, 0.05) is 5.02 Å². The van der Waals surface area contributed by atoms with Crippen molar-refractivity contribution in [3.05, 3.63) is 69.8 Å². The van der Waals surface area contributed by atoms with Gasteiger partial charge in [-0.05, 0) is 42.0 Å². The van der Waals surface area contributed by atoms with E-state index in [-0.39, 0.29) is 11.7 Å². The summed E-state index contributed by atoms with van der Waals surface area (Å²) in [6.45, 7) is 0. The predicted octanol–water partition coefficient (Wildman–Crippen LogP) is 4.88. The molecule has 0 N–H and O–H groups in total. The van der Waals surface area contributed by atoms with Gasteiger partial charge in [-0.3, -0.25) is 9.69 Å². The Morgan fingerprint density at radius 1 is 1.18 bits per heavy atom. The average molecular weight is 350 g/mol. The molecule has 1 saturated heterocycles. The van der Waals surface area contributed by atoms with Gasteiger partial charge in [0.05, 0.1) is 10.6 Å². The first-order chi connectivity index (χ1) is 10.5. The zero-order chi connectivity index (χ0) is 15.7. The van der Waals surface area contributed by atoms with Crippen molar-refractivity contribution < 1.29 is 9.18 Å². The Kier molecular flexibility index (Phi) is 4.29. The molecule has 22 heavy (non-hydrogen) atoms. The number of rotatable bonds is 2. The molecule has 3 rings (SSSR count). The zero-order valence-corrected chi connectivity index (χ0v) is 13.5. The summed E-state index contributed by atoms with van der Waals surface area (Å²) in [5, 5.41) is 0.528.